The lowest BCUT2D eigenvalue weighted by atomic mass is 10.2. The standard InChI is InChI=1S/C16H17F3N2O2/c1-22-15-4-2-3-13(9-15)11-21-20-10-12-5-7-14(8-6-12)23-16(17,18)19/h2-9,20-21H,10-11H2,1H3. The monoisotopic (exact) mass is 326 g/mol. The van der Waals surface area contributed by atoms with Crippen LogP contribution in [0.5, 0.6) is 11.5 Å². The van der Waals surface area contributed by atoms with Gasteiger partial charge >= 0.3 is 6.36 Å². The smallest absolute Gasteiger partial charge is 0.497 e. The minimum Gasteiger partial charge on any atom is -0.497 e. The van der Waals surface area contributed by atoms with Crippen LogP contribution in [-0.2, 0) is 13.1 Å². The molecule has 7 heteroatoms. The average Bonchev–Trinajstić information content (AvgIpc) is 2.52. The van der Waals surface area contributed by atoms with E-state index in [0.717, 1.165) is 16.9 Å². The van der Waals surface area contributed by atoms with E-state index >= 15 is 0 Å². The molecule has 0 saturated heterocycles. The van der Waals surface area contributed by atoms with Crippen molar-refractivity contribution in [2.24, 2.45) is 0 Å². The van der Waals surface area contributed by atoms with Gasteiger partial charge in [-0.25, -0.2) is 0 Å². The molecule has 0 aromatic heterocycles. The molecular weight excluding hydrogens is 309 g/mol. The topological polar surface area (TPSA) is 42.5 Å². The lowest BCUT2D eigenvalue weighted by Crippen LogP contribution is -2.30. The summed E-state index contributed by atoms with van der Waals surface area (Å²) >= 11 is 0. The minimum absolute atomic E-state index is 0.231. The molecule has 0 radical (unpaired) electrons. The maximum Gasteiger partial charge on any atom is 0.573 e. The summed E-state index contributed by atoms with van der Waals surface area (Å²) in [7, 11) is 1.61. The van der Waals surface area contributed by atoms with Gasteiger partial charge in [0.1, 0.15) is 11.5 Å². The summed E-state index contributed by atoms with van der Waals surface area (Å²) in [4.78, 5) is 0. The highest BCUT2D eigenvalue weighted by atomic mass is 19.4. The first kappa shape index (κ1) is 17.1. The summed E-state index contributed by atoms with van der Waals surface area (Å²) in [6.07, 6.45) is -4.67. The maximum absolute atomic E-state index is 12.1. The molecular formula is C16H17F3N2O2. The lowest BCUT2D eigenvalue weighted by molar-refractivity contribution is -0.274. The fourth-order valence-electron chi connectivity index (χ4n) is 1.92. The Labute approximate surface area is 132 Å². The summed E-state index contributed by atoms with van der Waals surface area (Å²) in [5.41, 5.74) is 7.92. The van der Waals surface area contributed by atoms with Gasteiger partial charge in [-0.2, -0.15) is 0 Å². The maximum atomic E-state index is 12.1. The van der Waals surface area contributed by atoms with Crippen molar-refractivity contribution in [1.29, 1.82) is 0 Å². The van der Waals surface area contributed by atoms with Gasteiger partial charge in [-0.15, -0.1) is 13.2 Å². The normalized spacial score (nSPS) is 11.3. The Morgan fingerprint density at radius 3 is 2.13 bits per heavy atom. The number of rotatable bonds is 7. The molecule has 0 amide bonds. The number of methoxy groups -OCH3 is 1. The van der Waals surface area contributed by atoms with E-state index in [4.69, 9.17) is 4.74 Å². The molecule has 0 aliphatic heterocycles. The molecule has 0 saturated carbocycles. The molecule has 23 heavy (non-hydrogen) atoms. The van der Waals surface area contributed by atoms with Gasteiger partial charge in [-0.05, 0) is 35.4 Å². The first-order chi connectivity index (χ1) is 11.0. The summed E-state index contributed by atoms with van der Waals surface area (Å²) in [5, 5.41) is 0. The molecule has 0 unspecified atom stereocenters. The van der Waals surface area contributed by atoms with E-state index in [0.29, 0.717) is 13.1 Å². The van der Waals surface area contributed by atoms with Gasteiger partial charge < -0.3 is 9.47 Å². The Hall–Kier alpha value is -2.25. The summed E-state index contributed by atoms with van der Waals surface area (Å²) in [6, 6.07) is 13.3. The van der Waals surface area contributed by atoms with Crippen molar-refractivity contribution in [2.45, 2.75) is 19.5 Å². The highest BCUT2D eigenvalue weighted by molar-refractivity contribution is 5.28. The Morgan fingerprint density at radius 1 is 0.870 bits per heavy atom. The zero-order chi connectivity index (χ0) is 16.7. The second-order valence-corrected chi connectivity index (χ2v) is 4.75. The van der Waals surface area contributed by atoms with E-state index in [2.05, 4.69) is 15.6 Å². The van der Waals surface area contributed by atoms with Crippen LogP contribution in [-0.4, -0.2) is 13.5 Å². The highest BCUT2D eigenvalue weighted by Gasteiger charge is 2.30. The van der Waals surface area contributed by atoms with Crippen LogP contribution in [0.25, 0.3) is 0 Å². The number of benzene rings is 2. The van der Waals surface area contributed by atoms with E-state index in [-0.39, 0.29) is 5.75 Å². The molecule has 0 heterocycles. The molecule has 4 nitrogen and oxygen atoms in total. The zero-order valence-corrected chi connectivity index (χ0v) is 12.5. The fourth-order valence-corrected chi connectivity index (χ4v) is 1.92. The third kappa shape index (κ3) is 6.17. The molecule has 0 aliphatic carbocycles. The van der Waals surface area contributed by atoms with E-state index in [1.165, 1.54) is 12.1 Å². The molecule has 2 N–H and O–H groups in total. The van der Waals surface area contributed by atoms with Gasteiger partial charge in [0.05, 0.1) is 7.11 Å². The molecule has 0 spiro atoms. The number of nitrogens with one attached hydrogen (secondary N) is 2. The molecule has 2 rings (SSSR count). The quantitative estimate of drug-likeness (QED) is 0.605. The predicted octanol–water partition coefficient (Wildman–Crippen LogP) is 3.39. The first-order valence-electron chi connectivity index (χ1n) is 6.89. The van der Waals surface area contributed by atoms with Crippen molar-refractivity contribution < 1.29 is 22.6 Å². The second-order valence-electron chi connectivity index (χ2n) is 4.75. The Kier molecular flexibility index (Phi) is 5.84. The minimum atomic E-state index is -4.67. The number of alkyl halides is 3. The molecule has 0 bridgehead atoms. The first-order valence-corrected chi connectivity index (χ1v) is 6.89. The van der Waals surface area contributed by atoms with Gasteiger partial charge in [-0.1, -0.05) is 24.3 Å². The van der Waals surface area contributed by atoms with Crippen molar-refractivity contribution in [1.82, 2.24) is 10.9 Å². The van der Waals surface area contributed by atoms with E-state index in [9.17, 15) is 13.2 Å². The number of ether oxygens (including phenoxy) is 2. The van der Waals surface area contributed by atoms with Crippen molar-refractivity contribution in [3.8, 4) is 11.5 Å². The number of hydrogen-bond donors (Lipinski definition) is 2. The van der Waals surface area contributed by atoms with E-state index in [1.807, 2.05) is 24.3 Å². The van der Waals surface area contributed by atoms with Crippen LogP contribution in [0.3, 0.4) is 0 Å². The van der Waals surface area contributed by atoms with Crippen molar-refractivity contribution in [2.75, 3.05) is 7.11 Å². The van der Waals surface area contributed by atoms with E-state index < -0.39 is 6.36 Å². The van der Waals surface area contributed by atoms with Crippen molar-refractivity contribution in [3.05, 3.63) is 59.7 Å². The molecule has 0 atom stereocenters. The largest absolute Gasteiger partial charge is 0.573 e. The van der Waals surface area contributed by atoms with Crippen LogP contribution < -0.4 is 20.3 Å². The third-order valence-electron chi connectivity index (χ3n) is 3.00. The van der Waals surface area contributed by atoms with Gasteiger partial charge in [-0.3, -0.25) is 10.9 Å². The zero-order valence-electron chi connectivity index (χ0n) is 12.5. The van der Waals surface area contributed by atoms with Crippen molar-refractivity contribution in [3.63, 3.8) is 0 Å². The summed E-state index contributed by atoms with van der Waals surface area (Å²) in [5.74, 6) is 0.551. The number of hydrogen-bond acceptors (Lipinski definition) is 4. The lowest BCUT2D eigenvalue weighted by Gasteiger charge is -2.10. The summed E-state index contributed by atoms with van der Waals surface area (Å²) < 4.78 is 45.1. The molecule has 0 aliphatic rings. The molecule has 124 valence electrons. The number of halogens is 3. The van der Waals surface area contributed by atoms with Gasteiger partial charge in [0.15, 0.2) is 0 Å². The number of hydrazine groups is 1. The van der Waals surface area contributed by atoms with Crippen LogP contribution in [0.1, 0.15) is 11.1 Å². The average molecular weight is 326 g/mol. The Balaban J connectivity index is 1.75. The summed E-state index contributed by atoms with van der Waals surface area (Å²) in [6.45, 7) is 1.06. The van der Waals surface area contributed by atoms with E-state index in [1.54, 1.807) is 19.2 Å². The third-order valence-corrected chi connectivity index (χ3v) is 3.00. The van der Waals surface area contributed by atoms with Gasteiger partial charge in [0.25, 0.3) is 0 Å². The molecule has 0 fully saturated rings. The Morgan fingerprint density at radius 2 is 1.52 bits per heavy atom. The van der Waals surface area contributed by atoms with Crippen LogP contribution in [0.2, 0.25) is 0 Å². The molecule has 2 aromatic carbocycles. The predicted molar refractivity (Wildman–Crippen MR) is 79.8 cm³/mol. The van der Waals surface area contributed by atoms with Gasteiger partial charge in [0.2, 0.25) is 0 Å². The van der Waals surface area contributed by atoms with Crippen LogP contribution in [0.4, 0.5) is 13.2 Å². The van der Waals surface area contributed by atoms with Crippen molar-refractivity contribution >= 4 is 0 Å². The van der Waals surface area contributed by atoms with Crippen LogP contribution in [0.15, 0.2) is 48.5 Å². The fraction of sp³-hybridized carbons (Fsp3) is 0.250. The SMILES string of the molecule is COc1cccc(CNNCc2ccc(OC(F)(F)F)cc2)c1. The van der Waals surface area contributed by atoms with Crippen LogP contribution >= 0.6 is 0 Å². The second kappa shape index (κ2) is 7.85. The van der Waals surface area contributed by atoms with Crippen LogP contribution in [0, 0.1) is 0 Å². The molecule has 2 aromatic rings. The van der Waals surface area contributed by atoms with Gasteiger partial charge in [0, 0.05) is 13.1 Å². The Bertz CT molecular complexity index is 615. The highest BCUT2D eigenvalue weighted by Crippen LogP contribution is 2.22.